The number of hydrogen-bond acceptors (Lipinski definition) is 5. The first-order valence-corrected chi connectivity index (χ1v) is 11.3. The summed E-state index contributed by atoms with van der Waals surface area (Å²) in [4.78, 5) is 14.9. The molecule has 0 saturated carbocycles. The number of carbonyl (C=O) groups excluding carboxylic acids is 1. The van der Waals surface area contributed by atoms with E-state index in [1.165, 1.54) is 10.4 Å². The molecule has 0 radical (unpaired) electrons. The number of nitrogens with zero attached hydrogens (tertiary/aromatic N) is 2. The summed E-state index contributed by atoms with van der Waals surface area (Å²) in [6.45, 7) is 5.01. The van der Waals surface area contributed by atoms with Crippen LogP contribution in [0.1, 0.15) is 34.5 Å². The molecule has 8 heteroatoms. The van der Waals surface area contributed by atoms with Gasteiger partial charge in [-0.1, -0.05) is 24.3 Å². The van der Waals surface area contributed by atoms with E-state index in [1.807, 2.05) is 31.2 Å². The molecule has 1 fully saturated rings. The van der Waals surface area contributed by atoms with E-state index < -0.39 is 10.0 Å². The normalized spacial score (nSPS) is 16.1. The fourth-order valence-electron chi connectivity index (χ4n) is 3.54. The molecule has 2 aromatic rings. The predicted molar refractivity (Wildman–Crippen MR) is 114 cm³/mol. The SMILES string of the molecule is COc1ccccc1C(C)N(C)C(=O)c1ccc(C)c(S(=O)(=O)N2CCOCC2)c1. The van der Waals surface area contributed by atoms with Gasteiger partial charge < -0.3 is 14.4 Å². The van der Waals surface area contributed by atoms with Crippen molar-refractivity contribution in [1.29, 1.82) is 0 Å². The third-order valence-electron chi connectivity index (χ3n) is 5.51. The molecule has 1 saturated heterocycles. The summed E-state index contributed by atoms with van der Waals surface area (Å²) in [6, 6.07) is 12.1. The minimum absolute atomic E-state index is 0.161. The fraction of sp³-hybridized carbons (Fsp3) is 0.409. The van der Waals surface area contributed by atoms with Gasteiger partial charge in [-0.15, -0.1) is 0 Å². The van der Waals surface area contributed by atoms with Crippen molar-refractivity contribution in [2.75, 3.05) is 40.5 Å². The van der Waals surface area contributed by atoms with E-state index in [0.29, 0.717) is 43.2 Å². The molecule has 0 bridgehead atoms. The van der Waals surface area contributed by atoms with E-state index in [9.17, 15) is 13.2 Å². The Bertz CT molecular complexity index is 1020. The van der Waals surface area contributed by atoms with Crippen molar-refractivity contribution >= 4 is 15.9 Å². The Hall–Kier alpha value is -2.42. The Labute approximate surface area is 178 Å². The largest absolute Gasteiger partial charge is 0.496 e. The molecule has 7 nitrogen and oxygen atoms in total. The lowest BCUT2D eigenvalue weighted by Crippen LogP contribution is -2.41. The van der Waals surface area contributed by atoms with Crippen molar-refractivity contribution in [3.05, 3.63) is 59.2 Å². The molecule has 1 unspecified atom stereocenters. The average Bonchev–Trinajstić information content (AvgIpc) is 2.78. The van der Waals surface area contributed by atoms with Gasteiger partial charge in [-0.05, 0) is 37.6 Å². The second-order valence-electron chi connectivity index (χ2n) is 7.33. The number of carbonyl (C=O) groups is 1. The molecule has 1 atom stereocenters. The number of hydrogen-bond donors (Lipinski definition) is 0. The van der Waals surface area contributed by atoms with Gasteiger partial charge in [-0.25, -0.2) is 8.42 Å². The summed E-state index contributed by atoms with van der Waals surface area (Å²) in [7, 11) is -0.398. The minimum atomic E-state index is -3.69. The smallest absolute Gasteiger partial charge is 0.254 e. The summed E-state index contributed by atoms with van der Waals surface area (Å²) >= 11 is 0. The number of aryl methyl sites for hydroxylation is 1. The first-order valence-electron chi connectivity index (χ1n) is 9.86. The van der Waals surface area contributed by atoms with Crippen LogP contribution in [0.15, 0.2) is 47.4 Å². The summed E-state index contributed by atoms with van der Waals surface area (Å²) in [5.74, 6) is 0.441. The van der Waals surface area contributed by atoms with Gasteiger partial charge in [-0.3, -0.25) is 4.79 Å². The van der Waals surface area contributed by atoms with Crippen molar-refractivity contribution < 1.29 is 22.7 Å². The Kier molecular flexibility index (Phi) is 6.80. The van der Waals surface area contributed by atoms with Crippen LogP contribution in [0.4, 0.5) is 0 Å². The highest BCUT2D eigenvalue weighted by Crippen LogP contribution is 2.30. The molecule has 0 aromatic heterocycles. The molecule has 1 heterocycles. The summed E-state index contributed by atoms with van der Waals surface area (Å²) < 4.78 is 38.3. The molecule has 162 valence electrons. The maximum Gasteiger partial charge on any atom is 0.254 e. The van der Waals surface area contributed by atoms with E-state index >= 15 is 0 Å². The molecular weight excluding hydrogens is 404 g/mol. The van der Waals surface area contributed by atoms with Gasteiger partial charge >= 0.3 is 0 Å². The van der Waals surface area contributed by atoms with Crippen LogP contribution in [-0.2, 0) is 14.8 Å². The third kappa shape index (κ3) is 4.35. The first kappa shape index (κ1) is 22.3. The molecule has 0 spiro atoms. The lowest BCUT2D eigenvalue weighted by atomic mass is 10.0. The van der Waals surface area contributed by atoms with Crippen LogP contribution >= 0.6 is 0 Å². The molecule has 2 aromatic carbocycles. The Balaban J connectivity index is 1.90. The maximum atomic E-state index is 13.2. The van der Waals surface area contributed by atoms with Gasteiger partial charge in [0.2, 0.25) is 10.0 Å². The number of amides is 1. The van der Waals surface area contributed by atoms with Crippen LogP contribution in [0.25, 0.3) is 0 Å². The quantitative estimate of drug-likeness (QED) is 0.702. The zero-order chi connectivity index (χ0) is 21.9. The number of para-hydroxylation sites is 1. The standard InChI is InChI=1S/C22H28N2O5S/c1-16-9-10-18(15-21(16)30(26,27)24-11-13-29-14-12-24)22(25)23(3)17(2)19-7-5-6-8-20(19)28-4/h5-10,15,17H,11-14H2,1-4H3. The van der Waals surface area contributed by atoms with E-state index in [2.05, 4.69) is 0 Å². The fourth-order valence-corrected chi connectivity index (χ4v) is 5.20. The van der Waals surface area contributed by atoms with Crippen molar-refractivity contribution in [3.8, 4) is 5.75 Å². The number of ether oxygens (including phenoxy) is 2. The highest BCUT2D eigenvalue weighted by molar-refractivity contribution is 7.89. The predicted octanol–water partition coefficient (Wildman–Crippen LogP) is 2.86. The monoisotopic (exact) mass is 432 g/mol. The van der Waals surface area contributed by atoms with Crippen LogP contribution in [-0.4, -0.2) is 64.0 Å². The van der Waals surface area contributed by atoms with Gasteiger partial charge in [0, 0.05) is 31.3 Å². The second kappa shape index (κ2) is 9.16. The zero-order valence-corrected chi connectivity index (χ0v) is 18.6. The van der Waals surface area contributed by atoms with Gasteiger partial charge in [0.1, 0.15) is 5.75 Å². The summed E-state index contributed by atoms with van der Waals surface area (Å²) in [5, 5.41) is 0. The van der Waals surface area contributed by atoms with Gasteiger partial charge in [0.15, 0.2) is 0 Å². The molecule has 3 rings (SSSR count). The third-order valence-corrected chi connectivity index (χ3v) is 7.55. The topological polar surface area (TPSA) is 76.2 Å². The molecule has 1 aliphatic heterocycles. The van der Waals surface area contributed by atoms with Crippen molar-refractivity contribution in [2.45, 2.75) is 24.8 Å². The van der Waals surface area contributed by atoms with Gasteiger partial charge in [-0.2, -0.15) is 4.31 Å². The lowest BCUT2D eigenvalue weighted by molar-refractivity contribution is 0.0728. The zero-order valence-electron chi connectivity index (χ0n) is 17.8. The summed E-state index contributed by atoms with van der Waals surface area (Å²) in [5.41, 5.74) is 1.82. The lowest BCUT2D eigenvalue weighted by Gasteiger charge is -2.28. The molecule has 0 N–H and O–H groups in total. The Morgan fingerprint density at radius 3 is 2.50 bits per heavy atom. The summed E-state index contributed by atoms with van der Waals surface area (Å²) in [6.07, 6.45) is 0. The number of benzene rings is 2. The first-order chi connectivity index (χ1) is 14.3. The van der Waals surface area contributed by atoms with Crippen LogP contribution in [0, 0.1) is 6.92 Å². The van der Waals surface area contributed by atoms with E-state index in [4.69, 9.17) is 9.47 Å². The van der Waals surface area contributed by atoms with Crippen LogP contribution in [0.2, 0.25) is 0 Å². The molecular formula is C22H28N2O5S. The van der Waals surface area contributed by atoms with Crippen molar-refractivity contribution in [1.82, 2.24) is 9.21 Å². The molecule has 1 amide bonds. The van der Waals surface area contributed by atoms with E-state index in [-0.39, 0.29) is 16.8 Å². The van der Waals surface area contributed by atoms with Gasteiger partial charge in [0.25, 0.3) is 5.91 Å². The molecule has 30 heavy (non-hydrogen) atoms. The maximum absolute atomic E-state index is 13.2. The second-order valence-corrected chi connectivity index (χ2v) is 9.24. The minimum Gasteiger partial charge on any atom is -0.496 e. The number of sulfonamides is 1. The Morgan fingerprint density at radius 1 is 1.17 bits per heavy atom. The van der Waals surface area contributed by atoms with Crippen molar-refractivity contribution in [3.63, 3.8) is 0 Å². The average molecular weight is 433 g/mol. The highest BCUT2D eigenvalue weighted by Gasteiger charge is 2.29. The van der Waals surface area contributed by atoms with Crippen LogP contribution < -0.4 is 4.74 Å². The number of rotatable bonds is 6. The van der Waals surface area contributed by atoms with Crippen molar-refractivity contribution in [2.24, 2.45) is 0 Å². The van der Waals surface area contributed by atoms with Crippen LogP contribution in [0.3, 0.4) is 0 Å². The number of morpholine rings is 1. The van der Waals surface area contributed by atoms with Gasteiger partial charge in [0.05, 0.1) is 31.3 Å². The highest BCUT2D eigenvalue weighted by atomic mass is 32.2. The Morgan fingerprint density at radius 2 is 1.83 bits per heavy atom. The van der Waals surface area contributed by atoms with Crippen LogP contribution in [0.5, 0.6) is 5.75 Å². The molecule has 1 aliphatic rings. The number of methoxy groups -OCH3 is 1. The van der Waals surface area contributed by atoms with E-state index in [0.717, 1.165) is 5.56 Å². The van der Waals surface area contributed by atoms with E-state index in [1.54, 1.807) is 38.1 Å². The molecule has 0 aliphatic carbocycles.